The van der Waals surface area contributed by atoms with E-state index in [0.29, 0.717) is 10.8 Å². The second-order valence-corrected chi connectivity index (χ2v) is 12.1. The quantitative estimate of drug-likeness (QED) is 0.398. The molecule has 3 fully saturated rings. The molecule has 158 valence electrons. The van der Waals surface area contributed by atoms with E-state index in [1.54, 1.807) is 32.1 Å². The molecule has 0 aliphatic heterocycles. The maximum atomic E-state index is 2.74. The Morgan fingerprint density at radius 2 is 1.63 bits per heavy atom. The summed E-state index contributed by atoms with van der Waals surface area (Å²) in [4.78, 5) is 0. The molecule has 0 N–H and O–H groups in total. The number of rotatable bonds is 8. The molecule has 0 aromatic rings. The lowest BCUT2D eigenvalue weighted by Crippen LogP contribution is -2.49. The van der Waals surface area contributed by atoms with Crippen LogP contribution in [0.3, 0.4) is 0 Å². The fourth-order valence-electron chi connectivity index (χ4n) is 8.40. The van der Waals surface area contributed by atoms with Gasteiger partial charge in [-0.2, -0.15) is 0 Å². The molecule has 0 aromatic heterocycles. The lowest BCUT2D eigenvalue weighted by molar-refractivity contribution is -0.0779. The van der Waals surface area contributed by atoms with Crippen molar-refractivity contribution in [3.63, 3.8) is 0 Å². The maximum absolute atomic E-state index is 2.74. The summed E-state index contributed by atoms with van der Waals surface area (Å²) in [6, 6.07) is 0. The lowest BCUT2D eigenvalue weighted by atomic mass is 9.48. The zero-order valence-corrected chi connectivity index (χ0v) is 19.7. The Balaban J connectivity index is 1.68. The van der Waals surface area contributed by atoms with Gasteiger partial charge in [-0.1, -0.05) is 80.1 Å². The highest BCUT2D eigenvalue weighted by molar-refractivity contribution is 5.07. The summed E-state index contributed by atoms with van der Waals surface area (Å²) in [5.74, 6) is 6.00. The molecule has 3 rings (SSSR count). The molecule has 0 radical (unpaired) electrons. The molecule has 0 heterocycles. The second-order valence-electron chi connectivity index (χ2n) is 12.1. The molecule has 3 aliphatic carbocycles. The molecule has 0 bridgehead atoms. The highest BCUT2D eigenvalue weighted by atomic mass is 14.6. The minimum Gasteiger partial charge on any atom is -0.0654 e. The molecule has 0 saturated heterocycles. The summed E-state index contributed by atoms with van der Waals surface area (Å²) < 4.78 is 0. The highest BCUT2D eigenvalue weighted by Gasteiger charge is 2.57. The summed E-state index contributed by atoms with van der Waals surface area (Å²) in [6.45, 7) is 15.2. The summed E-state index contributed by atoms with van der Waals surface area (Å²) in [5, 5.41) is 0. The molecular formula is C27H50. The van der Waals surface area contributed by atoms with E-state index >= 15 is 0 Å². The number of fused-ring (bicyclic) bond motifs is 3. The van der Waals surface area contributed by atoms with Gasteiger partial charge < -0.3 is 0 Å². The Kier molecular flexibility index (Phi) is 7.06. The molecule has 7 atom stereocenters. The van der Waals surface area contributed by atoms with Crippen molar-refractivity contribution in [3.05, 3.63) is 0 Å². The Hall–Kier alpha value is 0. The van der Waals surface area contributed by atoms with Gasteiger partial charge in [0, 0.05) is 0 Å². The standard InChI is InChI=1S/C27H50/c1-7-8-17-26(5)18-10-13-22-24(26)16-19-27(6)23(14-15-25(22)27)21(4)12-9-11-20(2)3/h20-25H,7-19H2,1-6H3/t21-,22-,23-,24+,25+,26+,27-/m1/s1. The van der Waals surface area contributed by atoms with Crippen molar-refractivity contribution in [2.75, 3.05) is 0 Å². The predicted molar refractivity (Wildman–Crippen MR) is 120 cm³/mol. The highest BCUT2D eigenvalue weighted by Crippen LogP contribution is 2.66. The first-order valence-electron chi connectivity index (χ1n) is 12.8. The van der Waals surface area contributed by atoms with Gasteiger partial charge in [-0.3, -0.25) is 0 Å². The number of unbranched alkanes of at least 4 members (excludes halogenated alkanes) is 1. The van der Waals surface area contributed by atoms with Gasteiger partial charge in [0.05, 0.1) is 0 Å². The Morgan fingerprint density at radius 3 is 2.33 bits per heavy atom. The third-order valence-corrected chi connectivity index (χ3v) is 9.92. The molecular weight excluding hydrogens is 324 g/mol. The normalized spacial score (nSPS) is 42.8. The molecule has 0 aromatic carbocycles. The third kappa shape index (κ3) is 4.30. The van der Waals surface area contributed by atoms with E-state index in [1.165, 1.54) is 51.4 Å². The van der Waals surface area contributed by atoms with Crippen LogP contribution >= 0.6 is 0 Å². The summed E-state index contributed by atoms with van der Waals surface area (Å²) in [6.07, 6.45) is 19.5. The van der Waals surface area contributed by atoms with Gasteiger partial charge >= 0.3 is 0 Å². The lowest BCUT2D eigenvalue weighted by Gasteiger charge is -2.57. The van der Waals surface area contributed by atoms with Crippen molar-refractivity contribution in [1.29, 1.82) is 0 Å². The first-order valence-corrected chi connectivity index (χ1v) is 12.8. The van der Waals surface area contributed by atoms with E-state index < -0.39 is 0 Å². The van der Waals surface area contributed by atoms with Gasteiger partial charge in [0.15, 0.2) is 0 Å². The van der Waals surface area contributed by atoms with E-state index in [2.05, 4.69) is 41.5 Å². The van der Waals surface area contributed by atoms with Gasteiger partial charge in [0.2, 0.25) is 0 Å². The van der Waals surface area contributed by atoms with Crippen LogP contribution in [-0.4, -0.2) is 0 Å². The number of hydrogen-bond donors (Lipinski definition) is 0. The fourth-order valence-corrected chi connectivity index (χ4v) is 8.40. The maximum Gasteiger partial charge on any atom is -0.0264 e. The number of hydrogen-bond acceptors (Lipinski definition) is 0. The van der Waals surface area contributed by atoms with Crippen molar-refractivity contribution in [1.82, 2.24) is 0 Å². The van der Waals surface area contributed by atoms with Crippen molar-refractivity contribution in [2.45, 2.75) is 125 Å². The molecule has 27 heavy (non-hydrogen) atoms. The van der Waals surface area contributed by atoms with Gasteiger partial charge in [0.25, 0.3) is 0 Å². The smallest absolute Gasteiger partial charge is 0.0264 e. The van der Waals surface area contributed by atoms with E-state index in [9.17, 15) is 0 Å². The van der Waals surface area contributed by atoms with Crippen molar-refractivity contribution >= 4 is 0 Å². The van der Waals surface area contributed by atoms with E-state index in [1.807, 2.05) is 0 Å². The minimum absolute atomic E-state index is 0.668. The van der Waals surface area contributed by atoms with Crippen LogP contribution in [0.4, 0.5) is 0 Å². The van der Waals surface area contributed by atoms with Crippen LogP contribution in [-0.2, 0) is 0 Å². The van der Waals surface area contributed by atoms with Gasteiger partial charge in [-0.25, -0.2) is 0 Å². The Labute approximate surface area is 171 Å². The van der Waals surface area contributed by atoms with Crippen LogP contribution in [0, 0.1) is 46.3 Å². The molecule has 3 saturated carbocycles. The third-order valence-electron chi connectivity index (χ3n) is 9.92. The zero-order chi connectivity index (χ0) is 19.7. The Bertz CT molecular complexity index is 465. The SMILES string of the molecule is CCCC[C@@]1(C)CCC[C@@H]2[C@@H]1CC[C@]1(C)[C@@H]([C@H](C)CCCC(C)C)CC[C@@H]21. The first-order chi connectivity index (χ1) is 12.8. The summed E-state index contributed by atoms with van der Waals surface area (Å²) in [5.41, 5.74) is 1.34. The fraction of sp³-hybridized carbons (Fsp3) is 1.00. The van der Waals surface area contributed by atoms with Crippen LogP contribution in [0.5, 0.6) is 0 Å². The van der Waals surface area contributed by atoms with Crippen LogP contribution < -0.4 is 0 Å². The van der Waals surface area contributed by atoms with Gasteiger partial charge in [-0.15, -0.1) is 0 Å². The molecule has 3 aliphatic rings. The summed E-state index contributed by atoms with van der Waals surface area (Å²) in [7, 11) is 0. The van der Waals surface area contributed by atoms with Crippen LogP contribution in [0.15, 0.2) is 0 Å². The molecule has 0 amide bonds. The average molecular weight is 375 g/mol. The monoisotopic (exact) mass is 374 g/mol. The zero-order valence-electron chi connectivity index (χ0n) is 19.7. The van der Waals surface area contributed by atoms with Crippen molar-refractivity contribution in [2.24, 2.45) is 46.3 Å². The van der Waals surface area contributed by atoms with E-state index in [-0.39, 0.29) is 0 Å². The van der Waals surface area contributed by atoms with Crippen molar-refractivity contribution in [3.8, 4) is 0 Å². The first kappa shape index (κ1) is 21.7. The molecule has 0 nitrogen and oxygen atoms in total. The second kappa shape index (κ2) is 8.79. The van der Waals surface area contributed by atoms with Gasteiger partial charge in [-0.05, 0) is 91.3 Å². The van der Waals surface area contributed by atoms with Crippen molar-refractivity contribution < 1.29 is 0 Å². The molecule has 0 spiro atoms. The predicted octanol–water partition coefficient (Wildman–Crippen LogP) is 8.89. The summed E-state index contributed by atoms with van der Waals surface area (Å²) >= 11 is 0. The van der Waals surface area contributed by atoms with Crippen LogP contribution in [0.2, 0.25) is 0 Å². The Morgan fingerprint density at radius 1 is 0.852 bits per heavy atom. The van der Waals surface area contributed by atoms with Gasteiger partial charge in [0.1, 0.15) is 0 Å². The minimum atomic E-state index is 0.668. The van der Waals surface area contributed by atoms with Crippen LogP contribution in [0.1, 0.15) is 125 Å². The molecule has 0 unspecified atom stereocenters. The average Bonchev–Trinajstić information content (AvgIpc) is 2.97. The van der Waals surface area contributed by atoms with E-state index in [4.69, 9.17) is 0 Å². The van der Waals surface area contributed by atoms with Crippen LogP contribution in [0.25, 0.3) is 0 Å². The molecule has 0 heteroatoms. The topological polar surface area (TPSA) is 0 Å². The van der Waals surface area contributed by atoms with E-state index in [0.717, 1.165) is 35.5 Å². The largest absolute Gasteiger partial charge is 0.0654 e.